The largest absolute Gasteiger partial charge is 0.300 e. The lowest BCUT2D eigenvalue weighted by Gasteiger charge is -2.29. The maximum Gasteiger partial charge on any atom is 0.136 e. The summed E-state index contributed by atoms with van der Waals surface area (Å²) >= 11 is 0. The molecule has 0 aromatic carbocycles. The molecule has 2 heteroatoms. The summed E-state index contributed by atoms with van der Waals surface area (Å²) in [6, 6.07) is 0. The first kappa shape index (κ1) is 8.69. The van der Waals surface area contributed by atoms with Gasteiger partial charge in [0.1, 0.15) is 12.0 Å². The van der Waals surface area contributed by atoms with E-state index < -0.39 is 6.17 Å². The van der Waals surface area contributed by atoms with E-state index in [1.165, 1.54) is 6.92 Å². The van der Waals surface area contributed by atoms with Crippen LogP contribution in [0, 0.1) is 11.8 Å². The lowest BCUT2D eigenvalue weighted by molar-refractivity contribution is -0.125. The van der Waals surface area contributed by atoms with Crippen molar-refractivity contribution in [3.8, 4) is 0 Å². The molecule has 0 aliphatic heterocycles. The average Bonchev–Trinajstić information content (AvgIpc) is 1.85. The first-order valence-electron chi connectivity index (χ1n) is 4.27. The molecule has 0 saturated heterocycles. The third-order valence-corrected chi connectivity index (χ3v) is 2.61. The SMILES string of the molecule is CC(=O)C1C(C)CCCC1F. The number of hydrogen-bond acceptors (Lipinski definition) is 1. The number of alkyl halides is 1. The second-order valence-corrected chi connectivity index (χ2v) is 3.56. The zero-order valence-electron chi connectivity index (χ0n) is 7.14. The van der Waals surface area contributed by atoms with Gasteiger partial charge < -0.3 is 0 Å². The van der Waals surface area contributed by atoms with Gasteiger partial charge in [-0.05, 0) is 25.7 Å². The van der Waals surface area contributed by atoms with E-state index in [9.17, 15) is 9.18 Å². The van der Waals surface area contributed by atoms with Crippen molar-refractivity contribution in [1.29, 1.82) is 0 Å². The predicted octanol–water partition coefficient (Wildman–Crippen LogP) is 2.35. The standard InChI is InChI=1S/C9H15FO/c1-6-4-3-5-8(10)9(6)7(2)11/h6,8-9H,3-5H2,1-2H3. The van der Waals surface area contributed by atoms with Gasteiger partial charge in [-0.3, -0.25) is 4.79 Å². The van der Waals surface area contributed by atoms with Gasteiger partial charge in [0.25, 0.3) is 0 Å². The van der Waals surface area contributed by atoms with E-state index >= 15 is 0 Å². The monoisotopic (exact) mass is 158 g/mol. The molecule has 64 valence electrons. The Labute approximate surface area is 67.0 Å². The third kappa shape index (κ3) is 1.79. The van der Waals surface area contributed by atoms with Crippen molar-refractivity contribution in [2.45, 2.75) is 39.3 Å². The van der Waals surface area contributed by atoms with Crippen LogP contribution in [-0.4, -0.2) is 12.0 Å². The molecule has 3 atom stereocenters. The van der Waals surface area contributed by atoms with Crippen LogP contribution in [0.25, 0.3) is 0 Å². The molecule has 0 radical (unpaired) electrons. The summed E-state index contributed by atoms with van der Waals surface area (Å²) in [7, 11) is 0. The number of halogens is 1. The van der Waals surface area contributed by atoms with Gasteiger partial charge in [-0.1, -0.05) is 13.3 Å². The van der Waals surface area contributed by atoms with E-state index in [2.05, 4.69) is 0 Å². The molecule has 3 unspecified atom stereocenters. The van der Waals surface area contributed by atoms with E-state index in [0.29, 0.717) is 6.42 Å². The Kier molecular flexibility index (Phi) is 2.63. The summed E-state index contributed by atoms with van der Waals surface area (Å²) in [5, 5.41) is 0. The van der Waals surface area contributed by atoms with Crippen LogP contribution in [0.1, 0.15) is 33.1 Å². The van der Waals surface area contributed by atoms with Crippen molar-refractivity contribution in [2.24, 2.45) is 11.8 Å². The van der Waals surface area contributed by atoms with Gasteiger partial charge in [-0.25, -0.2) is 4.39 Å². The minimum atomic E-state index is -0.878. The molecular weight excluding hydrogens is 143 g/mol. The average molecular weight is 158 g/mol. The molecule has 1 saturated carbocycles. The molecule has 1 nitrogen and oxygen atoms in total. The van der Waals surface area contributed by atoms with Gasteiger partial charge in [-0.2, -0.15) is 0 Å². The minimum Gasteiger partial charge on any atom is -0.300 e. The quantitative estimate of drug-likeness (QED) is 0.572. The van der Waals surface area contributed by atoms with Crippen molar-refractivity contribution in [2.75, 3.05) is 0 Å². The highest BCUT2D eigenvalue weighted by atomic mass is 19.1. The van der Waals surface area contributed by atoms with Crippen LogP contribution in [0.3, 0.4) is 0 Å². The fourth-order valence-electron chi connectivity index (χ4n) is 2.01. The lowest BCUT2D eigenvalue weighted by atomic mass is 9.77. The zero-order chi connectivity index (χ0) is 8.43. The molecule has 11 heavy (non-hydrogen) atoms. The molecule has 0 spiro atoms. The second kappa shape index (κ2) is 3.33. The van der Waals surface area contributed by atoms with Gasteiger partial charge in [-0.15, -0.1) is 0 Å². The molecule has 0 heterocycles. The summed E-state index contributed by atoms with van der Waals surface area (Å²) < 4.78 is 13.1. The van der Waals surface area contributed by atoms with E-state index in [4.69, 9.17) is 0 Å². The Balaban J connectivity index is 2.62. The first-order valence-corrected chi connectivity index (χ1v) is 4.27. The lowest BCUT2D eigenvalue weighted by Crippen LogP contribution is -2.33. The Morgan fingerprint density at radius 2 is 2.09 bits per heavy atom. The maximum absolute atomic E-state index is 13.1. The van der Waals surface area contributed by atoms with Crippen LogP contribution in [0.15, 0.2) is 0 Å². The molecular formula is C9H15FO. The van der Waals surface area contributed by atoms with Gasteiger partial charge in [0.2, 0.25) is 0 Å². The Bertz CT molecular complexity index is 146. The van der Waals surface area contributed by atoms with Crippen LogP contribution in [0.4, 0.5) is 4.39 Å². The zero-order valence-corrected chi connectivity index (χ0v) is 7.14. The topological polar surface area (TPSA) is 17.1 Å². The van der Waals surface area contributed by atoms with Gasteiger partial charge in [0.15, 0.2) is 0 Å². The van der Waals surface area contributed by atoms with Crippen LogP contribution >= 0.6 is 0 Å². The smallest absolute Gasteiger partial charge is 0.136 e. The van der Waals surface area contributed by atoms with Crippen molar-refractivity contribution < 1.29 is 9.18 Å². The van der Waals surface area contributed by atoms with Crippen LogP contribution < -0.4 is 0 Å². The summed E-state index contributed by atoms with van der Waals surface area (Å²) in [5.41, 5.74) is 0. The highest BCUT2D eigenvalue weighted by molar-refractivity contribution is 5.79. The number of carbonyl (C=O) groups excluding carboxylic acids is 1. The number of ketones is 1. The molecule has 0 amide bonds. The number of rotatable bonds is 1. The number of hydrogen-bond donors (Lipinski definition) is 0. The van der Waals surface area contributed by atoms with E-state index in [0.717, 1.165) is 12.8 Å². The van der Waals surface area contributed by atoms with E-state index in [1.54, 1.807) is 0 Å². The molecule has 1 aliphatic rings. The number of carbonyl (C=O) groups is 1. The van der Waals surface area contributed by atoms with Crippen LogP contribution in [-0.2, 0) is 4.79 Å². The second-order valence-electron chi connectivity index (χ2n) is 3.56. The van der Waals surface area contributed by atoms with Crippen LogP contribution in [0.5, 0.6) is 0 Å². The van der Waals surface area contributed by atoms with Crippen LogP contribution in [0.2, 0.25) is 0 Å². The summed E-state index contributed by atoms with van der Waals surface area (Å²) in [4.78, 5) is 11.0. The number of Topliss-reactive ketones (excluding diaryl/α,β-unsaturated/α-hetero) is 1. The Hall–Kier alpha value is -0.400. The maximum atomic E-state index is 13.1. The normalized spacial score (nSPS) is 38.6. The summed E-state index contributed by atoms with van der Waals surface area (Å²) in [6.07, 6.45) is 1.64. The molecule has 1 rings (SSSR count). The predicted molar refractivity (Wildman–Crippen MR) is 42.1 cm³/mol. The fraction of sp³-hybridized carbons (Fsp3) is 0.889. The Morgan fingerprint density at radius 3 is 2.45 bits per heavy atom. The highest BCUT2D eigenvalue weighted by Crippen LogP contribution is 2.32. The molecule has 0 N–H and O–H groups in total. The molecule has 1 fully saturated rings. The van der Waals surface area contributed by atoms with Gasteiger partial charge in [0, 0.05) is 0 Å². The van der Waals surface area contributed by atoms with E-state index in [1.807, 2.05) is 6.92 Å². The molecule has 0 aromatic heterocycles. The molecule has 0 bridgehead atoms. The minimum absolute atomic E-state index is 0.0182. The van der Waals surface area contributed by atoms with Gasteiger partial charge in [0.05, 0.1) is 5.92 Å². The highest BCUT2D eigenvalue weighted by Gasteiger charge is 2.33. The summed E-state index contributed by atoms with van der Waals surface area (Å²) in [6.45, 7) is 3.47. The third-order valence-electron chi connectivity index (χ3n) is 2.61. The van der Waals surface area contributed by atoms with Crippen molar-refractivity contribution in [3.63, 3.8) is 0 Å². The Morgan fingerprint density at radius 1 is 1.45 bits per heavy atom. The van der Waals surface area contributed by atoms with Crippen molar-refractivity contribution in [1.82, 2.24) is 0 Å². The molecule has 0 aromatic rings. The fourth-order valence-corrected chi connectivity index (χ4v) is 2.01. The molecule has 1 aliphatic carbocycles. The summed E-state index contributed by atoms with van der Waals surface area (Å²) in [5.74, 6) is -0.0512. The van der Waals surface area contributed by atoms with Crippen molar-refractivity contribution in [3.05, 3.63) is 0 Å². The van der Waals surface area contributed by atoms with E-state index in [-0.39, 0.29) is 17.6 Å². The first-order chi connectivity index (χ1) is 5.13. The van der Waals surface area contributed by atoms with Gasteiger partial charge >= 0.3 is 0 Å². The van der Waals surface area contributed by atoms with Crippen molar-refractivity contribution >= 4 is 5.78 Å².